The van der Waals surface area contributed by atoms with Crippen LogP contribution in [0.25, 0.3) is 0 Å². The van der Waals surface area contributed by atoms with Crippen molar-refractivity contribution in [3.63, 3.8) is 0 Å². The number of hydrogen-bond acceptors (Lipinski definition) is 2. The Labute approximate surface area is 81.8 Å². The van der Waals surface area contributed by atoms with Gasteiger partial charge in [-0.3, -0.25) is 0 Å². The smallest absolute Gasteiger partial charge is 0.0680 e. The third-order valence-corrected chi connectivity index (χ3v) is 2.97. The molecule has 0 aliphatic carbocycles. The molecule has 0 amide bonds. The molecule has 0 bridgehead atoms. The number of hydrogen-bond donors (Lipinski definition) is 1. The summed E-state index contributed by atoms with van der Waals surface area (Å²) in [4.78, 5) is 0. The molecule has 2 nitrogen and oxygen atoms in total. The molecule has 78 valence electrons. The van der Waals surface area contributed by atoms with Crippen LogP contribution in [0.4, 0.5) is 0 Å². The summed E-state index contributed by atoms with van der Waals surface area (Å²) in [6, 6.07) is 0. The first-order valence-corrected chi connectivity index (χ1v) is 5.04. The highest BCUT2D eigenvalue weighted by molar-refractivity contribution is 5.02. The van der Waals surface area contributed by atoms with Crippen LogP contribution in [0.1, 0.15) is 48.0 Å². The predicted octanol–water partition coefficient (Wildman–Crippen LogP) is 2.32. The average molecular weight is 185 g/mol. The highest BCUT2D eigenvalue weighted by Gasteiger charge is 2.50. The van der Waals surface area contributed by atoms with E-state index < -0.39 is 0 Å². The average Bonchev–Trinajstić information content (AvgIpc) is 1.97. The van der Waals surface area contributed by atoms with E-state index in [9.17, 15) is 0 Å². The van der Waals surface area contributed by atoms with Gasteiger partial charge in [-0.2, -0.15) is 0 Å². The summed E-state index contributed by atoms with van der Waals surface area (Å²) in [7, 11) is 0. The first-order valence-electron chi connectivity index (χ1n) is 5.04. The number of rotatable bonds is 1. The molecule has 2 N–H and O–H groups in total. The van der Waals surface area contributed by atoms with Gasteiger partial charge in [0, 0.05) is 11.5 Å². The molecule has 1 atom stereocenters. The molecule has 2 heteroatoms. The molecule has 0 saturated carbocycles. The van der Waals surface area contributed by atoms with Gasteiger partial charge in [-0.25, -0.2) is 0 Å². The summed E-state index contributed by atoms with van der Waals surface area (Å²) in [5.74, 6) is 0.426. The van der Waals surface area contributed by atoms with Gasteiger partial charge < -0.3 is 10.5 Å². The van der Waals surface area contributed by atoms with Crippen molar-refractivity contribution in [1.82, 2.24) is 0 Å². The lowest BCUT2D eigenvalue weighted by Gasteiger charge is -2.35. The van der Waals surface area contributed by atoms with Crippen molar-refractivity contribution < 1.29 is 4.74 Å². The highest BCUT2D eigenvalue weighted by atomic mass is 16.5. The fraction of sp³-hybridized carbons (Fsp3) is 1.00. The van der Waals surface area contributed by atoms with Gasteiger partial charge in [-0.1, -0.05) is 0 Å². The van der Waals surface area contributed by atoms with Crippen LogP contribution in [0.2, 0.25) is 0 Å². The van der Waals surface area contributed by atoms with Crippen LogP contribution in [-0.2, 0) is 4.74 Å². The van der Waals surface area contributed by atoms with E-state index in [1.807, 2.05) is 0 Å². The lowest BCUT2D eigenvalue weighted by molar-refractivity contribution is -0.0801. The fourth-order valence-corrected chi connectivity index (χ4v) is 2.72. The maximum absolute atomic E-state index is 6.16. The Morgan fingerprint density at radius 1 is 1.23 bits per heavy atom. The molecule has 13 heavy (non-hydrogen) atoms. The van der Waals surface area contributed by atoms with Crippen LogP contribution in [0.5, 0.6) is 0 Å². The van der Waals surface area contributed by atoms with Crippen LogP contribution in [0, 0.1) is 5.92 Å². The maximum atomic E-state index is 6.16. The van der Waals surface area contributed by atoms with E-state index >= 15 is 0 Å². The van der Waals surface area contributed by atoms with Gasteiger partial charge in [0.05, 0.1) is 11.2 Å². The molecule has 1 saturated heterocycles. The van der Waals surface area contributed by atoms with E-state index in [2.05, 4.69) is 41.5 Å². The predicted molar refractivity (Wildman–Crippen MR) is 55.6 cm³/mol. The molecule has 0 spiro atoms. The molecular weight excluding hydrogens is 162 g/mol. The molecule has 0 aromatic carbocycles. The molecule has 1 unspecified atom stereocenters. The Bertz CT molecular complexity index is 201. The third-order valence-electron chi connectivity index (χ3n) is 2.97. The number of ether oxygens (including phenoxy) is 1. The molecule has 1 aliphatic rings. The Kier molecular flexibility index (Phi) is 2.29. The third kappa shape index (κ3) is 2.23. The van der Waals surface area contributed by atoms with Gasteiger partial charge in [0.25, 0.3) is 0 Å². The van der Waals surface area contributed by atoms with Crippen molar-refractivity contribution in [2.45, 2.75) is 64.7 Å². The SMILES string of the molecule is CC1(C)CC(C(C)(C)N)C(C)(C)O1. The molecule has 1 heterocycles. The monoisotopic (exact) mass is 185 g/mol. The normalized spacial score (nSPS) is 32.1. The van der Waals surface area contributed by atoms with E-state index in [1.165, 1.54) is 0 Å². The highest BCUT2D eigenvalue weighted by Crippen LogP contribution is 2.45. The largest absolute Gasteiger partial charge is 0.369 e. The van der Waals surface area contributed by atoms with E-state index in [4.69, 9.17) is 10.5 Å². The molecule has 0 aromatic heterocycles. The topological polar surface area (TPSA) is 35.2 Å². The second-order valence-corrected chi connectivity index (χ2v) is 6.04. The zero-order chi connectivity index (χ0) is 10.5. The minimum absolute atomic E-state index is 0.0230. The minimum atomic E-state index is -0.155. The lowest BCUT2D eigenvalue weighted by atomic mass is 9.75. The lowest BCUT2D eigenvalue weighted by Crippen LogP contribution is -2.48. The first-order chi connectivity index (χ1) is 5.55. The van der Waals surface area contributed by atoms with Crippen molar-refractivity contribution >= 4 is 0 Å². The number of nitrogens with two attached hydrogens (primary N) is 1. The zero-order valence-corrected chi connectivity index (χ0v) is 9.77. The van der Waals surface area contributed by atoms with E-state index in [0.717, 1.165) is 6.42 Å². The first kappa shape index (κ1) is 11.0. The molecule has 0 radical (unpaired) electrons. The molecule has 1 rings (SSSR count). The van der Waals surface area contributed by atoms with Gasteiger partial charge >= 0.3 is 0 Å². The van der Waals surface area contributed by atoms with E-state index in [1.54, 1.807) is 0 Å². The van der Waals surface area contributed by atoms with Crippen molar-refractivity contribution in [1.29, 1.82) is 0 Å². The second-order valence-electron chi connectivity index (χ2n) is 6.04. The summed E-state index contributed by atoms with van der Waals surface area (Å²) in [6.07, 6.45) is 1.05. The molecule has 0 aromatic rings. The van der Waals surface area contributed by atoms with Crippen molar-refractivity contribution in [2.75, 3.05) is 0 Å². The zero-order valence-electron chi connectivity index (χ0n) is 9.77. The summed E-state index contributed by atoms with van der Waals surface area (Å²) in [6.45, 7) is 12.7. The Hall–Kier alpha value is -0.0800. The summed E-state index contributed by atoms with van der Waals surface area (Å²) in [5, 5.41) is 0. The fourth-order valence-electron chi connectivity index (χ4n) is 2.72. The summed E-state index contributed by atoms with van der Waals surface area (Å²) < 4.78 is 6.00. The van der Waals surface area contributed by atoms with Crippen LogP contribution in [-0.4, -0.2) is 16.7 Å². The van der Waals surface area contributed by atoms with Gasteiger partial charge in [0.2, 0.25) is 0 Å². The Morgan fingerprint density at radius 3 is 1.85 bits per heavy atom. The Morgan fingerprint density at radius 2 is 1.69 bits per heavy atom. The van der Waals surface area contributed by atoms with E-state index in [-0.39, 0.29) is 16.7 Å². The van der Waals surface area contributed by atoms with Crippen molar-refractivity contribution in [3.05, 3.63) is 0 Å². The Balaban J connectivity index is 2.89. The van der Waals surface area contributed by atoms with Crippen LogP contribution < -0.4 is 5.73 Å². The summed E-state index contributed by atoms with van der Waals surface area (Å²) >= 11 is 0. The van der Waals surface area contributed by atoms with Crippen LogP contribution in [0.3, 0.4) is 0 Å². The van der Waals surface area contributed by atoms with Gasteiger partial charge in [-0.05, 0) is 48.0 Å². The van der Waals surface area contributed by atoms with Crippen molar-refractivity contribution in [3.8, 4) is 0 Å². The maximum Gasteiger partial charge on any atom is 0.0680 e. The van der Waals surface area contributed by atoms with Crippen LogP contribution in [0.15, 0.2) is 0 Å². The van der Waals surface area contributed by atoms with Gasteiger partial charge in [0.15, 0.2) is 0 Å². The van der Waals surface area contributed by atoms with Crippen LogP contribution >= 0.6 is 0 Å². The van der Waals surface area contributed by atoms with E-state index in [0.29, 0.717) is 5.92 Å². The van der Waals surface area contributed by atoms with Gasteiger partial charge in [0.1, 0.15) is 0 Å². The van der Waals surface area contributed by atoms with Crippen molar-refractivity contribution in [2.24, 2.45) is 11.7 Å². The quantitative estimate of drug-likeness (QED) is 0.680. The minimum Gasteiger partial charge on any atom is -0.369 e. The molecule has 1 fully saturated rings. The second kappa shape index (κ2) is 2.71. The summed E-state index contributed by atoms with van der Waals surface area (Å²) in [5.41, 5.74) is 5.88. The van der Waals surface area contributed by atoms with Gasteiger partial charge in [-0.15, -0.1) is 0 Å². The molecule has 1 aliphatic heterocycles. The standard InChI is InChI=1S/C11H23NO/c1-9(2)7-8(10(3,4)12)11(5,6)13-9/h8H,7,12H2,1-6H3. The molecular formula is C11H23NO.